The van der Waals surface area contributed by atoms with E-state index in [0.29, 0.717) is 164 Å². The first-order valence-electron chi connectivity index (χ1n) is 22.0. The molecule has 0 aromatic heterocycles. The maximum Gasteiger partial charge on any atom is 0.269 e. The first-order chi connectivity index (χ1) is 29.2. The van der Waals surface area contributed by atoms with Gasteiger partial charge in [-0.15, -0.1) is 0 Å². The Balaban J connectivity index is 1.62. The molecule has 0 aliphatic rings. The topological polar surface area (TPSA) is 163 Å². The molecule has 0 radical (unpaired) electrons. The third-order valence-electron chi connectivity index (χ3n) is 8.53. The zero-order chi connectivity index (χ0) is 42.2. The summed E-state index contributed by atoms with van der Waals surface area (Å²) in [6, 6.07) is 5.92. The molecule has 0 heterocycles. The molecule has 0 saturated heterocycles. The van der Waals surface area contributed by atoms with Gasteiger partial charge in [-0.1, -0.05) is 71.1 Å². The summed E-state index contributed by atoms with van der Waals surface area (Å²) < 4.78 is 71.7. The highest BCUT2D eigenvalue weighted by Crippen LogP contribution is 2.17. The molecule has 1 aromatic carbocycles. The molecule has 0 fully saturated rings. The number of hydrogen-bond donors (Lipinski definition) is 0. The highest BCUT2D eigenvalue weighted by Gasteiger charge is 2.04. The van der Waals surface area contributed by atoms with Crippen LogP contribution in [0.25, 0.3) is 0 Å². The van der Waals surface area contributed by atoms with E-state index in [2.05, 4.69) is 6.92 Å². The summed E-state index contributed by atoms with van der Waals surface area (Å²) in [7, 11) is 0. The molecule has 0 saturated carbocycles. The number of ether oxygens (including phenoxy) is 13. The Kier molecular flexibility index (Phi) is 43.8. The van der Waals surface area contributed by atoms with E-state index in [0.717, 1.165) is 13.0 Å². The van der Waals surface area contributed by atoms with Crippen molar-refractivity contribution in [3.63, 3.8) is 0 Å². The van der Waals surface area contributed by atoms with Crippen LogP contribution in [0, 0.1) is 10.1 Å². The lowest BCUT2D eigenvalue weighted by molar-refractivity contribution is -0.384. The average molecular weight is 850 g/mol. The van der Waals surface area contributed by atoms with Crippen molar-refractivity contribution in [2.24, 2.45) is 0 Å². The van der Waals surface area contributed by atoms with E-state index in [1.807, 2.05) is 0 Å². The first-order valence-corrected chi connectivity index (χ1v) is 22.0. The fourth-order valence-corrected chi connectivity index (χ4v) is 5.27. The van der Waals surface area contributed by atoms with Crippen molar-refractivity contribution in [2.45, 2.75) is 77.6 Å². The van der Waals surface area contributed by atoms with Gasteiger partial charge in [0.05, 0.1) is 157 Å². The van der Waals surface area contributed by atoms with Gasteiger partial charge in [-0.3, -0.25) is 10.1 Å². The normalized spacial score (nSPS) is 11.5. The van der Waals surface area contributed by atoms with Crippen molar-refractivity contribution in [3.8, 4) is 5.75 Å². The summed E-state index contributed by atoms with van der Waals surface area (Å²) in [6.07, 6.45) is 14.8. The lowest BCUT2D eigenvalue weighted by Gasteiger charge is -2.09. The van der Waals surface area contributed by atoms with Crippen molar-refractivity contribution >= 4 is 5.69 Å². The lowest BCUT2D eigenvalue weighted by Crippen LogP contribution is -2.15. The molecule has 0 N–H and O–H groups in total. The van der Waals surface area contributed by atoms with Crippen molar-refractivity contribution < 1.29 is 66.5 Å². The molecule has 0 bridgehead atoms. The SMILES string of the molecule is CCCCCCCCCCCCCOCCOCCOCCOCCOCCOCCOCCOCCOCCOCCOCCOCCOc1ccc([N+](=O)[O-])cc1. The van der Waals surface area contributed by atoms with Gasteiger partial charge in [0, 0.05) is 18.7 Å². The second-order valence-corrected chi connectivity index (χ2v) is 13.5. The second-order valence-electron chi connectivity index (χ2n) is 13.5. The van der Waals surface area contributed by atoms with Crippen LogP contribution in [0.4, 0.5) is 5.69 Å². The zero-order valence-electron chi connectivity index (χ0n) is 36.3. The van der Waals surface area contributed by atoms with Gasteiger partial charge in [0.25, 0.3) is 5.69 Å². The van der Waals surface area contributed by atoms with E-state index in [4.69, 9.17) is 61.6 Å². The van der Waals surface area contributed by atoms with Gasteiger partial charge in [0.1, 0.15) is 12.4 Å². The number of nitro benzene ring substituents is 1. The largest absolute Gasteiger partial charge is 0.491 e. The maximum absolute atomic E-state index is 10.7. The zero-order valence-corrected chi connectivity index (χ0v) is 36.3. The Bertz CT molecular complexity index is 979. The third-order valence-corrected chi connectivity index (χ3v) is 8.53. The van der Waals surface area contributed by atoms with Crippen LogP contribution < -0.4 is 4.74 Å². The number of hydrogen-bond acceptors (Lipinski definition) is 15. The van der Waals surface area contributed by atoms with E-state index in [9.17, 15) is 10.1 Å². The summed E-state index contributed by atoms with van der Waals surface area (Å²) in [6.45, 7) is 15.0. The Morgan fingerprint density at radius 3 is 0.847 bits per heavy atom. The number of non-ortho nitro benzene ring substituents is 1. The van der Waals surface area contributed by atoms with Gasteiger partial charge in [-0.2, -0.15) is 0 Å². The van der Waals surface area contributed by atoms with Gasteiger partial charge < -0.3 is 61.6 Å². The molecular weight excluding hydrogens is 770 g/mol. The molecule has 346 valence electrons. The van der Waals surface area contributed by atoms with Gasteiger partial charge >= 0.3 is 0 Å². The number of unbranched alkanes of at least 4 members (excludes halogenated alkanes) is 10. The Morgan fingerprint density at radius 1 is 0.339 bits per heavy atom. The fraction of sp³-hybridized carbons (Fsp3) is 0.860. The van der Waals surface area contributed by atoms with Crippen molar-refractivity contribution in [1.29, 1.82) is 0 Å². The van der Waals surface area contributed by atoms with Crippen LogP contribution >= 0.6 is 0 Å². The highest BCUT2D eigenvalue weighted by molar-refractivity contribution is 5.35. The standard InChI is InChI=1S/C43H79NO15/c1-2-3-4-5-6-7-8-9-10-11-12-17-47-18-19-48-20-21-49-22-23-50-24-25-51-26-27-52-28-29-53-30-31-54-32-33-55-34-35-56-36-37-57-38-39-58-40-41-59-43-15-13-42(14-16-43)44(45)46/h13-16H,2-12,17-41H2,1H3. The number of nitro groups is 1. The molecule has 0 aliphatic carbocycles. The first kappa shape index (κ1) is 55.0. The molecule has 0 spiro atoms. The molecule has 0 aliphatic heterocycles. The van der Waals surface area contributed by atoms with E-state index >= 15 is 0 Å². The molecule has 0 amide bonds. The summed E-state index contributed by atoms with van der Waals surface area (Å²) >= 11 is 0. The molecule has 59 heavy (non-hydrogen) atoms. The van der Waals surface area contributed by atoms with Crippen LogP contribution in [0.2, 0.25) is 0 Å². The molecule has 16 heteroatoms. The average Bonchev–Trinajstić information content (AvgIpc) is 3.24. The Labute approximate surface area is 354 Å². The third kappa shape index (κ3) is 42.4. The smallest absolute Gasteiger partial charge is 0.269 e. The van der Waals surface area contributed by atoms with Crippen LogP contribution in [0.1, 0.15) is 77.6 Å². The monoisotopic (exact) mass is 850 g/mol. The van der Waals surface area contributed by atoms with Gasteiger partial charge in [0.2, 0.25) is 0 Å². The lowest BCUT2D eigenvalue weighted by atomic mass is 10.1. The van der Waals surface area contributed by atoms with Crippen molar-refractivity contribution in [2.75, 3.05) is 165 Å². The predicted octanol–water partition coefficient (Wildman–Crippen LogP) is 6.48. The highest BCUT2D eigenvalue weighted by atomic mass is 16.6. The number of benzene rings is 1. The van der Waals surface area contributed by atoms with Crippen LogP contribution in [0.15, 0.2) is 24.3 Å². The minimum Gasteiger partial charge on any atom is -0.491 e. The Hall–Kier alpha value is -2.06. The van der Waals surface area contributed by atoms with Gasteiger partial charge in [-0.05, 0) is 18.6 Å². The molecule has 1 aromatic rings. The fourth-order valence-electron chi connectivity index (χ4n) is 5.27. The summed E-state index contributed by atoms with van der Waals surface area (Å²) in [4.78, 5) is 10.2. The van der Waals surface area contributed by atoms with Crippen molar-refractivity contribution in [3.05, 3.63) is 34.4 Å². The quantitative estimate of drug-likeness (QED) is 0.0397. The van der Waals surface area contributed by atoms with Crippen molar-refractivity contribution in [1.82, 2.24) is 0 Å². The van der Waals surface area contributed by atoms with E-state index in [-0.39, 0.29) is 5.69 Å². The van der Waals surface area contributed by atoms with Crippen LogP contribution in [0.3, 0.4) is 0 Å². The summed E-state index contributed by atoms with van der Waals surface area (Å²) in [5.41, 5.74) is 0.0259. The molecular formula is C43H79NO15. The van der Waals surface area contributed by atoms with Crippen LogP contribution in [-0.4, -0.2) is 170 Å². The van der Waals surface area contributed by atoms with Crippen LogP contribution in [-0.2, 0) is 56.8 Å². The second kappa shape index (κ2) is 47.0. The van der Waals surface area contributed by atoms with Gasteiger partial charge in [-0.25, -0.2) is 0 Å². The summed E-state index contributed by atoms with van der Waals surface area (Å²) in [5.74, 6) is 0.556. The minimum atomic E-state index is -0.450. The minimum absolute atomic E-state index is 0.0259. The number of rotatable bonds is 50. The molecule has 0 unspecified atom stereocenters. The predicted molar refractivity (Wildman–Crippen MR) is 225 cm³/mol. The van der Waals surface area contributed by atoms with E-state index < -0.39 is 4.92 Å². The molecule has 16 nitrogen and oxygen atoms in total. The number of nitrogens with zero attached hydrogens (tertiary/aromatic N) is 1. The Morgan fingerprint density at radius 2 is 0.576 bits per heavy atom. The molecule has 1 rings (SSSR count). The molecule has 0 atom stereocenters. The maximum atomic E-state index is 10.7. The summed E-state index contributed by atoms with van der Waals surface area (Å²) in [5, 5.41) is 10.7. The van der Waals surface area contributed by atoms with Crippen LogP contribution in [0.5, 0.6) is 5.75 Å². The van der Waals surface area contributed by atoms with E-state index in [1.165, 1.54) is 76.3 Å². The van der Waals surface area contributed by atoms with E-state index in [1.54, 1.807) is 12.1 Å². The van der Waals surface area contributed by atoms with Gasteiger partial charge in [0.15, 0.2) is 0 Å².